The molecule has 0 heterocycles. The molecule has 0 aromatic rings. The van der Waals surface area contributed by atoms with E-state index in [1.807, 2.05) is 0 Å². The van der Waals surface area contributed by atoms with Gasteiger partial charge in [-0.3, -0.25) is 4.79 Å². The molecule has 13 heavy (non-hydrogen) atoms. The molecule has 0 amide bonds. The van der Waals surface area contributed by atoms with Gasteiger partial charge in [-0.05, 0) is 4.57 Å². The van der Waals surface area contributed by atoms with Crippen molar-refractivity contribution in [2.45, 2.75) is 6.42 Å². The molecule has 72 valence electrons. The van der Waals surface area contributed by atoms with E-state index in [4.69, 9.17) is 0 Å². The summed E-state index contributed by atoms with van der Waals surface area (Å²) >= 11 is 0. The lowest BCUT2D eigenvalue weighted by Crippen LogP contribution is -2.11. The van der Waals surface area contributed by atoms with Crippen molar-refractivity contribution < 1.29 is 23.4 Å². The maximum absolute atomic E-state index is 10.7. The fourth-order valence-electron chi connectivity index (χ4n) is 0.462. The molecule has 0 radical (unpaired) electrons. The topological polar surface area (TPSA) is 69.7 Å². The normalized spacial score (nSPS) is 10.4. The molecule has 0 rings (SSSR count). The van der Waals surface area contributed by atoms with Crippen LogP contribution in [0.2, 0.25) is 0 Å². The van der Waals surface area contributed by atoms with Crippen LogP contribution in [0.4, 0.5) is 0 Å². The number of carbonyl (C=O) groups is 2. The molecular weight excluding hydrogens is 195 g/mol. The molecule has 0 aliphatic heterocycles. The van der Waals surface area contributed by atoms with Crippen molar-refractivity contribution in [1.29, 1.82) is 0 Å². The lowest BCUT2D eigenvalue weighted by atomic mass is 10.5. The van der Waals surface area contributed by atoms with Gasteiger partial charge in [0.25, 0.3) is 0 Å². The summed E-state index contributed by atoms with van der Waals surface area (Å²) in [5, 5.41) is 0. The van der Waals surface area contributed by atoms with Gasteiger partial charge >= 0.3 is 20.0 Å². The summed E-state index contributed by atoms with van der Waals surface area (Å²) in [4.78, 5) is 21.2. The molecule has 0 aliphatic carbocycles. The fourth-order valence-corrected chi connectivity index (χ4v) is 0.811. The zero-order valence-corrected chi connectivity index (χ0v) is 8.08. The second-order valence-corrected chi connectivity index (χ2v) is 3.16. The quantitative estimate of drug-likeness (QED) is 0.290. The maximum Gasteiger partial charge on any atom is 0.504 e. The van der Waals surface area contributed by atoms with Gasteiger partial charge in [-0.2, -0.15) is 0 Å². The number of ether oxygens (including phenoxy) is 1. The van der Waals surface area contributed by atoms with Gasteiger partial charge in [0.05, 0.1) is 6.42 Å². The van der Waals surface area contributed by atoms with Gasteiger partial charge in [0.2, 0.25) is 0 Å². The molecule has 0 spiro atoms. The van der Waals surface area contributed by atoms with Gasteiger partial charge in [0.1, 0.15) is 6.61 Å². The zero-order chi connectivity index (χ0) is 10.3. The number of rotatable bonds is 5. The highest BCUT2D eigenvalue weighted by molar-refractivity contribution is 7.38. The smallest absolute Gasteiger partial charge is 0.390 e. The zero-order valence-electron chi connectivity index (χ0n) is 7.19. The van der Waals surface area contributed by atoms with Crippen LogP contribution in [-0.4, -0.2) is 25.2 Å². The Morgan fingerprint density at radius 3 is 2.62 bits per heavy atom. The average molecular weight is 205 g/mol. The molecule has 0 aromatic heterocycles. The SMILES string of the molecule is C=CC(=O)OC(=O)CCO[P+](C)=O. The van der Waals surface area contributed by atoms with Crippen LogP contribution >= 0.6 is 8.03 Å². The van der Waals surface area contributed by atoms with E-state index in [9.17, 15) is 14.2 Å². The number of carbonyl (C=O) groups excluding carboxylic acids is 2. The molecule has 0 N–H and O–H groups in total. The molecule has 0 saturated heterocycles. The van der Waals surface area contributed by atoms with E-state index in [0.717, 1.165) is 6.08 Å². The summed E-state index contributed by atoms with van der Waals surface area (Å²) in [6.07, 6.45) is 0.785. The highest BCUT2D eigenvalue weighted by Crippen LogP contribution is 2.14. The van der Waals surface area contributed by atoms with Crippen molar-refractivity contribution >= 4 is 20.0 Å². The first-order chi connectivity index (χ1) is 6.06. The van der Waals surface area contributed by atoms with E-state index in [1.165, 1.54) is 6.66 Å². The van der Waals surface area contributed by atoms with Crippen LogP contribution in [0.5, 0.6) is 0 Å². The lowest BCUT2D eigenvalue weighted by Gasteiger charge is -1.95. The van der Waals surface area contributed by atoms with E-state index < -0.39 is 20.0 Å². The molecule has 5 nitrogen and oxygen atoms in total. The predicted octanol–water partition coefficient (Wildman–Crippen LogP) is 1.02. The summed E-state index contributed by atoms with van der Waals surface area (Å²) in [6, 6.07) is 0. The van der Waals surface area contributed by atoms with Crippen molar-refractivity contribution in [1.82, 2.24) is 0 Å². The van der Waals surface area contributed by atoms with Crippen molar-refractivity contribution in [2.75, 3.05) is 13.3 Å². The molecule has 0 fully saturated rings. The van der Waals surface area contributed by atoms with Crippen molar-refractivity contribution in [3.8, 4) is 0 Å². The monoisotopic (exact) mass is 205 g/mol. The summed E-state index contributed by atoms with van der Waals surface area (Å²) in [5.41, 5.74) is 0. The van der Waals surface area contributed by atoms with Gasteiger partial charge in [-0.25, -0.2) is 4.79 Å². The van der Waals surface area contributed by atoms with E-state index in [1.54, 1.807) is 0 Å². The highest BCUT2D eigenvalue weighted by atomic mass is 31.1. The first-order valence-electron chi connectivity index (χ1n) is 3.47. The molecule has 0 bridgehead atoms. The highest BCUT2D eigenvalue weighted by Gasteiger charge is 2.11. The van der Waals surface area contributed by atoms with E-state index in [0.29, 0.717) is 0 Å². The Morgan fingerprint density at radius 1 is 1.54 bits per heavy atom. The summed E-state index contributed by atoms with van der Waals surface area (Å²) in [6.45, 7) is 4.47. The molecule has 0 aromatic carbocycles. The Kier molecular flexibility index (Phi) is 5.93. The van der Waals surface area contributed by atoms with E-state index in [-0.39, 0.29) is 13.0 Å². The number of hydrogen-bond donors (Lipinski definition) is 0. The van der Waals surface area contributed by atoms with Crippen molar-refractivity contribution in [3.05, 3.63) is 12.7 Å². The van der Waals surface area contributed by atoms with Crippen LogP contribution in [0.3, 0.4) is 0 Å². The van der Waals surface area contributed by atoms with Gasteiger partial charge < -0.3 is 4.74 Å². The maximum atomic E-state index is 10.7. The van der Waals surface area contributed by atoms with Crippen LogP contribution < -0.4 is 0 Å². The summed E-state index contributed by atoms with van der Waals surface area (Å²) in [7, 11) is -1.72. The predicted molar refractivity (Wildman–Crippen MR) is 45.4 cm³/mol. The average Bonchev–Trinajstić information content (AvgIpc) is 2.03. The third-order valence-corrected chi connectivity index (χ3v) is 1.51. The third kappa shape index (κ3) is 7.31. The largest absolute Gasteiger partial charge is 0.504 e. The first-order valence-corrected chi connectivity index (χ1v) is 5.09. The Bertz CT molecular complexity index is 235. The van der Waals surface area contributed by atoms with E-state index in [2.05, 4.69) is 15.8 Å². The standard InChI is InChI=1S/C7H10O5P/c1-3-6(8)12-7(9)4-5-11-13(2)10/h3H,1,4-5H2,2H3/q+1. The number of esters is 2. The van der Waals surface area contributed by atoms with Crippen molar-refractivity contribution in [3.63, 3.8) is 0 Å². The molecule has 0 saturated carbocycles. The van der Waals surface area contributed by atoms with Gasteiger partial charge in [-0.15, -0.1) is 4.52 Å². The number of hydrogen-bond acceptors (Lipinski definition) is 5. The third-order valence-electron chi connectivity index (χ3n) is 0.960. The van der Waals surface area contributed by atoms with Gasteiger partial charge in [0.15, 0.2) is 6.66 Å². The Morgan fingerprint density at radius 2 is 2.15 bits per heavy atom. The summed E-state index contributed by atoms with van der Waals surface area (Å²) < 4.78 is 19.2. The Hall–Kier alpha value is -1.06. The first kappa shape index (κ1) is 11.9. The fraction of sp³-hybridized carbons (Fsp3) is 0.429. The second-order valence-electron chi connectivity index (χ2n) is 2.02. The Labute approximate surface area is 76.6 Å². The Balaban J connectivity index is 3.57. The van der Waals surface area contributed by atoms with Crippen LogP contribution in [-0.2, 0) is 23.4 Å². The van der Waals surface area contributed by atoms with Crippen LogP contribution in [0, 0.1) is 0 Å². The van der Waals surface area contributed by atoms with Crippen LogP contribution in [0.15, 0.2) is 12.7 Å². The minimum atomic E-state index is -1.72. The summed E-state index contributed by atoms with van der Waals surface area (Å²) in [5.74, 6) is -1.52. The molecule has 6 heteroatoms. The van der Waals surface area contributed by atoms with Crippen LogP contribution in [0.25, 0.3) is 0 Å². The minimum Gasteiger partial charge on any atom is -0.390 e. The second kappa shape index (κ2) is 6.46. The lowest BCUT2D eigenvalue weighted by molar-refractivity contribution is -0.156. The van der Waals surface area contributed by atoms with Crippen molar-refractivity contribution in [2.24, 2.45) is 0 Å². The van der Waals surface area contributed by atoms with Gasteiger partial charge in [0, 0.05) is 6.08 Å². The molecular formula is C7H10O5P+. The molecule has 1 atom stereocenters. The molecule has 1 unspecified atom stereocenters. The van der Waals surface area contributed by atoms with Gasteiger partial charge in [-0.1, -0.05) is 6.58 Å². The molecule has 0 aliphatic rings. The van der Waals surface area contributed by atoms with E-state index >= 15 is 0 Å². The van der Waals surface area contributed by atoms with Crippen LogP contribution in [0.1, 0.15) is 6.42 Å². The minimum absolute atomic E-state index is 0.0189.